The number of hydrogen-bond acceptors (Lipinski definition) is 4. The fraction of sp³-hybridized carbons (Fsp3) is 0.0909. The summed E-state index contributed by atoms with van der Waals surface area (Å²) < 4.78 is 11.6. The molecule has 0 aliphatic carbocycles. The van der Waals surface area contributed by atoms with Crippen LogP contribution in [0.2, 0.25) is 0 Å². The molecule has 0 amide bonds. The van der Waals surface area contributed by atoms with Gasteiger partial charge in [-0.05, 0) is 50.2 Å². The highest BCUT2D eigenvalue weighted by Gasteiger charge is 2.17. The summed E-state index contributed by atoms with van der Waals surface area (Å²) in [4.78, 5) is 23.0. The first-order chi connectivity index (χ1) is 13.3. The summed E-state index contributed by atoms with van der Waals surface area (Å²) in [5.74, 6) is -1.35. The molecule has 6 heteroatoms. The Balaban J connectivity index is 1.98. The molecule has 0 aromatic heterocycles. The van der Waals surface area contributed by atoms with E-state index in [4.69, 9.17) is 9.47 Å². The van der Waals surface area contributed by atoms with Gasteiger partial charge in [0, 0.05) is 0 Å². The predicted octanol–water partition coefficient (Wildman–Crippen LogP) is 5.28. The lowest BCUT2D eigenvalue weighted by Gasteiger charge is -2.15. The van der Waals surface area contributed by atoms with Gasteiger partial charge in [-0.2, -0.15) is 0 Å². The van der Waals surface area contributed by atoms with Crippen molar-refractivity contribution in [1.82, 2.24) is 0 Å². The van der Waals surface area contributed by atoms with E-state index in [0.29, 0.717) is 0 Å². The standard InChI is InChI=1S/C22H18O6/c1-13-7-9-17(15(11-13)21(23)24)27-19-5-3-4-6-20(19)28-18-10-8-14(2)12-16(18)22(25)26/h3-12H,1-2H3,(H,23,24)(H,25,26). The maximum absolute atomic E-state index is 11.5. The second kappa shape index (κ2) is 7.84. The van der Waals surface area contributed by atoms with Crippen molar-refractivity contribution in [3.8, 4) is 23.0 Å². The molecule has 28 heavy (non-hydrogen) atoms. The maximum atomic E-state index is 11.5. The molecule has 0 atom stereocenters. The lowest BCUT2D eigenvalue weighted by molar-refractivity contribution is 0.0682. The normalized spacial score (nSPS) is 10.4. The molecule has 0 saturated heterocycles. The highest BCUT2D eigenvalue weighted by Crippen LogP contribution is 2.37. The molecule has 2 N–H and O–H groups in total. The minimum Gasteiger partial charge on any atom is -0.478 e. The quantitative estimate of drug-likeness (QED) is 0.606. The number of carboxylic acids is 2. The summed E-state index contributed by atoms with van der Waals surface area (Å²) in [5, 5.41) is 18.8. The van der Waals surface area contributed by atoms with E-state index < -0.39 is 11.9 Å². The van der Waals surface area contributed by atoms with E-state index in [9.17, 15) is 19.8 Å². The molecule has 142 valence electrons. The Bertz CT molecular complexity index is 970. The van der Waals surface area contributed by atoms with Crippen molar-refractivity contribution in [2.45, 2.75) is 13.8 Å². The van der Waals surface area contributed by atoms with E-state index in [1.165, 1.54) is 12.1 Å². The minimum absolute atomic E-state index is 0.0244. The van der Waals surface area contributed by atoms with Crippen LogP contribution in [0.5, 0.6) is 23.0 Å². The predicted molar refractivity (Wildman–Crippen MR) is 103 cm³/mol. The third kappa shape index (κ3) is 4.12. The Morgan fingerprint density at radius 1 is 0.643 bits per heavy atom. The largest absolute Gasteiger partial charge is 0.478 e. The lowest BCUT2D eigenvalue weighted by Crippen LogP contribution is -2.02. The van der Waals surface area contributed by atoms with Gasteiger partial charge in [0.1, 0.15) is 22.6 Å². The molecule has 0 unspecified atom stereocenters. The number of carbonyl (C=O) groups is 2. The van der Waals surface area contributed by atoms with Crippen LogP contribution in [0.3, 0.4) is 0 Å². The van der Waals surface area contributed by atoms with E-state index in [2.05, 4.69) is 0 Å². The molecule has 3 aromatic rings. The number of benzene rings is 3. The zero-order valence-corrected chi connectivity index (χ0v) is 15.3. The minimum atomic E-state index is -1.11. The van der Waals surface area contributed by atoms with Gasteiger partial charge in [-0.3, -0.25) is 0 Å². The zero-order chi connectivity index (χ0) is 20.3. The highest BCUT2D eigenvalue weighted by molar-refractivity contribution is 5.92. The second-order valence-corrected chi connectivity index (χ2v) is 6.26. The van der Waals surface area contributed by atoms with Gasteiger partial charge >= 0.3 is 11.9 Å². The second-order valence-electron chi connectivity index (χ2n) is 6.26. The zero-order valence-electron chi connectivity index (χ0n) is 15.3. The molecule has 0 heterocycles. The van der Waals surface area contributed by atoms with Crippen LogP contribution in [0.15, 0.2) is 60.7 Å². The molecule has 3 rings (SSSR count). The number of para-hydroxylation sites is 2. The topological polar surface area (TPSA) is 93.1 Å². The van der Waals surface area contributed by atoms with Gasteiger partial charge in [-0.15, -0.1) is 0 Å². The Hall–Kier alpha value is -3.80. The van der Waals surface area contributed by atoms with Crippen molar-refractivity contribution < 1.29 is 29.3 Å². The molecule has 0 radical (unpaired) electrons. The SMILES string of the molecule is Cc1ccc(Oc2ccccc2Oc2ccc(C)cc2C(=O)O)c(C(=O)O)c1. The van der Waals surface area contributed by atoms with Crippen LogP contribution in [0.1, 0.15) is 31.8 Å². The van der Waals surface area contributed by atoms with Gasteiger partial charge in [0.25, 0.3) is 0 Å². The van der Waals surface area contributed by atoms with E-state index >= 15 is 0 Å². The molecule has 6 nitrogen and oxygen atoms in total. The molecule has 0 aliphatic rings. The first-order valence-electron chi connectivity index (χ1n) is 8.48. The number of rotatable bonds is 6. The Labute approximate surface area is 161 Å². The third-order valence-electron chi connectivity index (χ3n) is 4.02. The van der Waals surface area contributed by atoms with Crippen molar-refractivity contribution in [2.24, 2.45) is 0 Å². The van der Waals surface area contributed by atoms with Crippen molar-refractivity contribution in [3.63, 3.8) is 0 Å². The number of aryl methyl sites for hydroxylation is 2. The summed E-state index contributed by atoms with van der Waals surface area (Å²) in [7, 11) is 0. The summed E-state index contributed by atoms with van der Waals surface area (Å²) >= 11 is 0. The van der Waals surface area contributed by atoms with Gasteiger partial charge in [0.2, 0.25) is 0 Å². The van der Waals surface area contributed by atoms with Gasteiger partial charge in [-0.25, -0.2) is 9.59 Å². The number of hydrogen-bond donors (Lipinski definition) is 2. The van der Waals surface area contributed by atoms with Crippen molar-refractivity contribution in [1.29, 1.82) is 0 Å². The molecule has 3 aromatic carbocycles. The van der Waals surface area contributed by atoms with Crippen molar-refractivity contribution in [2.75, 3.05) is 0 Å². The van der Waals surface area contributed by atoms with Crippen LogP contribution in [-0.4, -0.2) is 22.2 Å². The first kappa shape index (κ1) is 19.0. The van der Waals surface area contributed by atoms with Gasteiger partial charge in [-0.1, -0.05) is 35.4 Å². The number of carboxylic acid groups (broad SMARTS) is 2. The molecular weight excluding hydrogens is 360 g/mol. The Morgan fingerprint density at radius 2 is 1.04 bits per heavy atom. The van der Waals surface area contributed by atoms with Crippen molar-refractivity contribution in [3.05, 3.63) is 82.9 Å². The molecule has 0 fully saturated rings. The van der Waals surface area contributed by atoms with E-state index in [1.807, 2.05) is 0 Å². The fourth-order valence-electron chi connectivity index (χ4n) is 2.66. The Morgan fingerprint density at radius 3 is 1.39 bits per heavy atom. The van der Waals surface area contributed by atoms with Crippen LogP contribution in [0, 0.1) is 13.8 Å². The first-order valence-corrected chi connectivity index (χ1v) is 8.48. The number of ether oxygens (including phenoxy) is 2. The number of aromatic carboxylic acids is 2. The summed E-state index contributed by atoms with van der Waals surface area (Å²) in [6.07, 6.45) is 0. The van der Waals surface area contributed by atoms with Gasteiger partial charge in [0.05, 0.1) is 0 Å². The lowest BCUT2D eigenvalue weighted by atomic mass is 10.1. The van der Waals surface area contributed by atoms with Crippen LogP contribution < -0.4 is 9.47 Å². The molecule has 0 saturated carbocycles. The smallest absolute Gasteiger partial charge is 0.339 e. The van der Waals surface area contributed by atoms with Crippen molar-refractivity contribution >= 4 is 11.9 Å². The molecule has 0 aliphatic heterocycles. The highest BCUT2D eigenvalue weighted by atomic mass is 16.5. The Kier molecular flexibility index (Phi) is 5.31. The van der Waals surface area contributed by atoms with Crippen LogP contribution in [0.4, 0.5) is 0 Å². The summed E-state index contributed by atoms with van der Waals surface area (Å²) in [5.41, 5.74) is 1.63. The van der Waals surface area contributed by atoms with E-state index in [1.54, 1.807) is 62.4 Å². The molecular formula is C22H18O6. The van der Waals surface area contributed by atoms with Crippen LogP contribution in [0.25, 0.3) is 0 Å². The average Bonchev–Trinajstić information content (AvgIpc) is 2.65. The van der Waals surface area contributed by atoms with Crippen LogP contribution >= 0.6 is 0 Å². The summed E-state index contributed by atoms with van der Waals surface area (Å²) in [6.45, 7) is 3.58. The maximum Gasteiger partial charge on any atom is 0.339 e. The van der Waals surface area contributed by atoms with Gasteiger partial charge in [0.15, 0.2) is 11.5 Å². The third-order valence-corrected chi connectivity index (χ3v) is 4.02. The average molecular weight is 378 g/mol. The van der Waals surface area contributed by atoms with E-state index in [-0.39, 0.29) is 34.1 Å². The molecule has 0 spiro atoms. The van der Waals surface area contributed by atoms with E-state index in [0.717, 1.165) is 11.1 Å². The fourth-order valence-corrected chi connectivity index (χ4v) is 2.66. The monoisotopic (exact) mass is 378 g/mol. The van der Waals surface area contributed by atoms with Gasteiger partial charge < -0.3 is 19.7 Å². The summed E-state index contributed by atoms with van der Waals surface area (Å²) in [6, 6.07) is 16.3. The molecule has 0 bridgehead atoms. The van der Waals surface area contributed by atoms with Crippen LogP contribution in [-0.2, 0) is 0 Å².